The summed E-state index contributed by atoms with van der Waals surface area (Å²) in [6.45, 7) is 0. The summed E-state index contributed by atoms with van der Waals surface area (Å²) in [6, 6.07) is 10.9. The Kier molecular flexibility index (Phi) is 4.98. The van der Waals surface area contributed by atoms with E-state index in [-0.39, 0.29) is 22.9 Å². The van der Waals surface area contributed by atoms with Crippen molar-refractivity contribution in [3.8, 4) is 5.75 Å². The summed E-state index contributed by atoms with van der Waals surface area (Å²) in [4.78, 5) is 0.426. The van der Waals surface area contributed by atoms with E-state index in [1.54, 1.807) is 24.3 Å². The van der Waals surface area contributed by atoms with Gasteiger partial charge in [-0.15, -0.1) is 11.8 Å². The number of rotatable bonds is 5. The predicted molar refractivity (Wildman–Crippen MR) is 75.0 cm³/mol. The second kappa shape index (κ2) is 6.72. The summed E-state index contributed by atoms with van der Waals surface area (Å²) in [7, 11) is 1.36. The van der Waals surface area contributed by atoms with Gasteiger partial charge in [0.1, 0.15) is 5.82 Å². The van der Waals surface area contributed by atoms with Crippen LogP contribution in [0, 0.1) is 11.6 Å². The van der Waals surface area contributed by atoms with Crippen molar-refractivity contribution in [1.29, 1.82) is 0 Å². The lowest BCUT2D eigenvalue weighted by Gasteiger charge is -2.13. The van der Waals surface area contributed by atoms with Crippen LogP contribution in [0.1, 0.15) is 11.7 Å². The molecule has 0 aromatic heterocycles. The number of ether oxygens (including phenoxy) is 1. The molecule has 2 nitrogen and oxygen atoms in total. The Morgan fingerprint density at radius 1 is 1.15 bits per heavy atom. The van der Waals surface area contributed by atoms with Crippen LogP contribution in [-0.4, -0.2) is 18.0 Å². The molecule has 0 saturated carbocycles. The van der Waals surface area contributed by atoms with Crippen LogP contribution in [0.15, 0.2) is 47.4 Å². The van der Waals surface area contributed by atoms with E-state index in [9.17, 15) is 13.9 Å². The lowest BCUT2D eigenvalue weighted by atomic mass is 10.1. The number of aliphatic hydroxyl groups excluding tert-OH is 1. The second-order valence-electron chi connectivity index (χ2n) is 4.12. The predicted octanol–water partition coefficient (Wildman–Crippen LogP) is 3.80. The highest BCUT2D eigenvalue weighted by Crippen LogP contribution is 2.30. The van der Waals surface area contributed by atoms with Crippen molar-refractivity contribution < 1.29 is 18.6 Å². The molecule has 0 bridgehead atoms. The van der Waals surface area contributed by atoms with Gasteiger partial charge in [0.25, 0.3) is 0 Å². The van der Waals surface area contributed by atoms with Gasteiger partial charge >= 0.3 is 0 Å². The highest BCUT2D eigenvalue weighted by Gasteiger charge is 2.17. The van der Waals surface area contributed by atoms with Crippen molar-refractivity contribution in [2.75, 3.05) is 12.9 Å². The van der Waals surface area contributed by atoms with Gasteiger partial charge in [0, 0.05) is 16.2 Å². The molecule has 0 aliphatic carbocycles. The van der Waals surface area contributed by atoms with Gasteiger partial charge in [0.05, 0.1) is 13.2 Å². The van der Waals surface area contributed by atoms with Crippen molar-refractivity contribution in [3.05, 3.63) is 59.7 Å². The van der Waals surface area contributed by atoms with Crippen LogP contribution >= 0.6 is 11.8 Å². The maximum absolute atomic E-state index is 14.0. The average Bonchev–Trinajstić information content (AvgIpc) is 2.46. The van der Waals surface area contributed by atoms with E-state index in [2.05, 4.69) is 0 Å². The first-order chi connectivity index (χ1) is 9.63. The summed E-state index contributed by atoms with van der Waals surface area (Å²) in [5.41, 5.74) is 0.146. The first-order valence-corrected chi connectivity index (χ1v) is 7.00. The van der Waals surface area contributed by atoms with Gasteiger partial charge in [-0.05, 0) is 18.2 Å². The fourth-order valence-corrected chi connectivity index (χ4v) is 2.66. The number of benzene rings is 2. The lowest BCUT2D eigenvalue weighted by Crippen LogP contribution is -2.05. The van der Waals surface area contributed by atoms with Crippen LogP contribution < -0.4 is 4.74 Å². The molecule has 0 heterocycles. The fourth-order valence-electron chi connectivity index (χ4n) is 1.76. The standard InChI is InChI=1S/C15H14F2O2S/c1-19-13-7-4-5-10(15(13)17)12(18)9-20-14-8-3-2-6-11(14)16/h2-8,12,18H,9H2,1H3. The van der Waals surface area contributed by atoms with Crippen LogP contribution in [0.4, 0.5) is 8.78 Å². The number of hydrogen-bond donors (Lipinski definition) is 1. The maximum atomic E-state index is 14.0. The van der Waals surface area contributed by atoms with Crippen molar-refractivity contribution in [3.63, 3.8) is 0 Å². The number of thioether (sulfide) groups is 1. The van der Waals surface area contributed by atoms with Crippen LogP contribution in [-0.2, 0) is 0 Å². The van der Waals surface area contributed by atoms with E-state index < -0.39 is 11.9 Å². The van der Waals surface area contributed by atoms with Crippen molar-refractivity contribution in [1.82, 2.24) is 0 Å². The first kappa shape index (κ1) is 14.8. The van der Waals surface area contributed by atoms with Gasteiger partial charge in [-0.2, -0.15) is 0 Å². The lowest BCUT2D eigenvalue weighted by molar-refractivity contribution is 0.197. The third kappa shape index (κ3) is 3.29. The molecule has 0 spiro atoms. The van der Waals surface area contributed by atoms with Crippen LogP contribution in [0.5, 0.6) is 5.75 Å². The van der Waals surface area contributed by atoms with E-state index in [4.69, 9.17) is 4.74 Å². The molecule has 2 rings (SSSR count). The molecular weight excluding hydrogens is 282 g/mol. The van der Waals surface area contributed by atoms with Gasteiger partial charge in [-0.25, -0.2) is 8.78 Å². The molecule has 2 aromatic carbocycles. The zero-order valence-corrected chi connectivity index (χ0v) is 11.7. The molecule has 20 heavy (non-hydrogen) atoms. The van der Waals surface area contributed by atoms with Gasteiger partial charge in [0.2, 0.25) is 0 Å². The monoisotopic (exact) mass is 296 g/mol. The first-order valence-electron chi connectivity index (χ1n) is 6.01. The SMILES string of the molecule is COc1cccc(C(O)CSc2ccccc2F)c1F. The minimum absolute atomic E-state index is 0.0810. The average molecular weight is 296 g/mol. The second-order valence-corrected chi connectivity index (χ2v) is 5.18. The third-order valence-electron chi connectivity index (χ3n) is 2.81. The van der Waals surface area contributed by atoms with Gasteiger partial charge < -0.3 is 9.84 Å². The van der Waals surface area contributed by atoms with Crippen LogP contribution in [0.3, 0.4) is 0 Å². The van der Waals surface area contributed by atoms with Gasteiger partial charge in [-0.1, -0.05) is 24.3 Å². The molecule has 1 N–H and O–H groups in total. The normalized spacial score (nSPS) is 12.2. The van der Waals surface area contributed by atoms with Crippen LogP contribution in [0.25, 0.3) is 0 Å². The summed E-state index contributed by atoms with van der Waals surface area (Å²) in [6.07, 6.45) is -1.03. The Hall–Kier alpha value is -1.59. The molecule has 106 valence electrons. The molecule has 0 aliphatic heterocycles. The molecule has 0 aliphatic rings. The zero-order chi connectivity index (χ0) is 14.5. The molecule has 0 radical (unpaired) electrons. The quantitative estimate of drug-likeness (QED) is 0.851. The number of hydrogen-bond acceptors (Lipinski definition) is 3. The smallest absolute Gasteiger partial charge is 0.170 e. The zero-order valence-electron chi connectivity index (χ0n) is 10.8. The van der Waals surface area contributed by atoms with E-state index in [0.29, 0.717) is 4.90 Å². The largest absolute Gasteiger partial charge is 0.494 e. The molecule has 1 atom stereocenters. The Morgan fingerprint density at radius 3 is 2.60 bits per heavy atom. The molecule has 0 fully saturated rings. The Bertz CT molecular complexity index is 590. The molecule has 2 aromatic rings. The number of methoxy groups -OCH3 is 1. The Balaban J connectivity index is 2.09. The van der Waals surface area contributed by atoms with E-state index in [1.807, 2.05) is 0 Å². The van der Waals surface area contributed by atoms with Gasteiger partial charge in [-0.3, -0.25) is 0 Å². The summed E-state index contributed by atoms with van der Waals surface area (Å²) < 4.78 is 32.3. The third-order valence-corrected chi connectivity index (χ3v) is 3.93. The summed E-state index contributed by atoms with van der Waals surface area (Å²) in [5, 5.41) is 10.0. The number of halogens is 2. The topological polar surface area (TPSA) is 29.5 Å². The Morgan fingerprint density at radius 2 is 1.90 bits per heavy atom. The highest BCUT2D eigenvalue weighted by molar-refractivity contribution is 7.99. The van der Waals surface area contributed by atoms with Gasteiger partial charge in [0.15, 0.2) is 11.6 Å². The van der Waals surface area contributed by atoms with E-state index >= 15 is 0 Å². The van der Waals surface area contributed by atoms with E-state index in [0.717, 1.165) is 11.8 Å². The van der Waals surface area contributed by atoms with E-state index in [1.165, 1.54) is 25.3 Å². The van der Waals surface area contributed by atoms with Crippen molar-refractivity contribution in [2.45, 2.75) is 11.0 Å². The van der Waals surface area contributed by atoms with Crippen LogP contribution in [0.2, 0.25) is 0 Å². The van der Waals surface area contributed by atoms with Crippen molar-refractivity contribution in [2.24, 2.45) is 0 Å². The summed E-state index contributed by atoms with van der Waals surface area (Å²) >= 11 is 1.14. The minimum Gasteiger partial charge on any atom is -0.494 e. The molecule has 1 unspecified atom stereocenters. The Labute approximate surface area is 120 Å². The number of aliphatic hydroxyl groups is 1. The highest BCUT2D eigenvalue weighted by atomic mass is 32.2. The maximum Gasteiger partial charge on any atom is 0.170 e. The molecule has 5 heteroatoms. The molecule has 0 saturated heterocycles. The minimum atomic E-state index is -1.03. The summed E-state index contributed by atoms with van der Waals surface area (Å²) in [5.74, 6) is -0.699. The molecular formula is C15H14F2O2S. The van der Waals surface area contributed by atoms with Crippen molar-refractivity contribution >= 4 is 11.8 Å². The molecule has 0 amide bonds. The fraction of sp³-hybridized carbons (Fsp3) is 0.200.